The molecule has 0 radical (unpaired) electrons. The molecule has 0 heterocycles. The summed E-state index contributed by atoms with van der Waals surface area (Å²) in [5.41, 5.74) is 1.89. The molecule has 0 unspecified atom stereocenters. The van der Waals surface area contributed by atoms with Gasteiger partial charge < -0.3 is 9.80 Å². The molecule has 76 valence electrons. The van der Waals surface area contributed by atoms with E-state index in [2.05, 4.69) is 11.0 Å². The highest BCUT2D eigenvalue weighted by Gasteiger charge is 1.93. The number of rotatable bonds is 4. The smallest absolute Gasteiger partial charge is 0.212 e. The summed E-state index contributed by atoms with van der Waals surface area (Å²) in [6.07, 6.45) is 0.783. The average Bonchev–Trinajstić information content (AvgIpc) is 2.16. The fourth-order valence-electron chi connectivity index (χ4n) is 1.20. The van der Waals surface area contributed by atoms with Crippen LogP contribution in [0.2, 0.25) is 0 Å². The van der Waals surface area contributed by atoms with Crippen molar-refractivity contribution in [2.75, 3.05) is 26.0 Å². The fraction of sp³-hybridized carbons (Fsp3) is 0.364. The Morgan fingerprint density at radius 1 is 1.36 bits per heavy atom. The van der Waals surface area contributed by atoms with E-state index in [-0.39, 0.29) is 0 Å². The Bertz CT molecular complexity index is 310. The molecule has 1 rings (SSSR count). The first-order valence-electron chi connectivity index (χ1n) is 4.47. The third-order valence-corrected chi connectivity index (χ3v) is 1.86. The topological polar surface area (TPSA) is 23.6 Å². The van der Waals surface area contributed by atoms with Crippen LogP contribution in [0.5, 0.6) is 0 Å². The predicted octanol–water partition coefficient (Wildman–Crippen LogP) is 1.14. The van der Waals surface area contributed by atoms with Gasteiger partial charge in [0, 0.05) is 13.6 Å². The van der Waals surface area contributed by atoms with Crippen LogP contribution in [0.25, 0.3) is 0 Å². The first kappa shape index (κ1) is 10.7. The Morgan fingerprint density at radius 2 is 2.07 bits per heavy atom. The molecule has 1 aromatic rings. The van der Waals surface area contributed by atoms with E-state index in [0.717, 1.165) is 24.2 Å². The summed E-state index contributed by atoms with van der Waals surface area (Å²) in [5.74, 6) is 0. The maximum atomic E-state index is 10.5. The Balaban J connectivity index is 2.83. The van der Waals surface area contributed by atoms with Gasteiger partial charge in [0.1, 0.15) is 0 Å². The van der Waals surface area contributed by atoms with Crippen LogP contribution < -0.4 is 4.90 Å². The number of hydrogen-bond donors (Lipinski definition) is 0. The molecule has 0 aliphatic heterocycles. The van der Waals surface area contributed by atoms with Gasteiger partial charge in [-0.15, -0.1) is 11.6 Å². The van der Waals surface area contributed by atoms with Crippen molar-refractivity contribution in [2.24, 2.45) is 0 Å². The van der Waals surface area contributed by atoms with Gasteiger partial charge in [-0.1, -0.05) is 5.69 Å². The van der Waals surface area contributed by atoms with Crippen molar-refractivity contribution in [2.45, 2.75) is 6.54 Å². The van der Waals surface area contributed by atoms with E-state index >= 15 is 0 Å². The molecule has 0 aliphatic carbocycles. The summed E-state index contributed by atoms with van der Waals surface area (Å²) in [4.78, 5) is 14.1. The second-order valence-electron chi connectivity index (χ2n) is 3.52. The van der Waals surface area contributed by atoms with Crippen LogP contribution in [-0.4, -0.2) is 32.5 Å². The van der Waals surface area contributed by atoms with E-state index < -0.39 is 0 Å². The van der Waals surface area contributed by atoms with E-state index in [0.29, 0.717) is 0 Å². The van der Waals surface area contributed by atoms with Gasteiger partial charge in [-0.2, -0.15) is 18.2 Å². The van der Waals surface area contributed by atoms with Crippen molar-refractivity contribution >= 4 is 12.1 Å². The number of carbonyl (C=O) groups excluding carboxylic acids is 1. The molecule has 0 saturated heterocycles. The molecule has 0 fully saturated rings. The minimum absolute atomic E-state index is 0.783. The van der Waals surface area contributed by atoms with Gasteiger partial charge in [0.05, 0.1) is 0 Å². The van der Waals surface area contributed by atoms with Gasteiger partial charge in [-0.25, -0.2) is 0 Å². The Kier molecular flexibility index (Phi) is 3.65. The highest BCUT2D eigenvalue weighted by atomic mass is 16.1. The molecule has 0 bridgehead atoms. The molecular formula is C11H15N2O-. The van der Waals surface area contributed by atoms with Crippen molar-refractivity contribution in [3.8, 4) is 0 Å². The van der Waals surface area contributed by atoms with Crippen molar-refractivity contribution in [1.82, 2.24) is 4.90 Å². The summed E-state index contributed by atoms with van der Waals surface area (Å²) in [5, 5.41) is 0. The number of hydrogen-bond acceptors (Lipinski definition) is 2. The van der Waals surface area contributed by atoms with E-state index in [1.807, 2.05) is 32.3 Å². The Morgan fingerprint density at radius 3 is 2.64 bits per heavy atom. The molecule has 0 aromatic heterocycles. The molecule has 0 spiro atoms. The summed E-state index contributed by atoms with van der Waals surface area (Å²) >= 11 is 0. The van der Waals surface area contributed by atoms with Crippen LogP contribution in [0.3, 0.4) is 0 Å². The first-order valence-corrected chi connectivity index (χ1v) is 4.47. The molecule has 1 aromatic carbocycles. The lowest BCUT2D eigenvalue weighted by Gasteiger charge is -2.20. The number of anilines is 1. The van der Waals surface area contributed by atoms with Crippen molar-refractivity contribution in [1.29, 1.82) is 0 Å². The zero-order valence-electron chi connectivity index (χ0n) is 8.82. The average molecular weight is 191 g/mol. The minimum atomic E-state index is 0.783. The van der Waals surface area contributed by atoms with Gasteiger partial charge in [0.2, 0.25) is 6.41 Å². The molecule has 3 heteroatoms. The van der Waals surface area contributed by atoms with Crippen molar-refractivity contribution < 1.29 is 4.79 Å². The molecule has 0 saturated carbocycles. The van der Waals surface area contributed by atoms with E-state index in [4.69, 9.17) is 0 Å². The Labute approximate surface area is 84.9 Å². The van der Waals surface area contributed by atoms with Gasteiger partial charge in [-0.3, -0.25) is 4.79 Å². The Hall–Kier alpha value is -1.35. The lowest BCUT2D eigenvalue weighted by Crippen LogP contribution is -2.15. The summed E-state index contributed by atoms with van der Waals surface area (Å²) in [6.45, 7) is 0.834. The van der Waals surface area contributed by atoms with E-state index in [9.17, 15) is 4.79 Å². The SMILES string of the molecule is CN(C)Cc1[c-]c(N(C)C=O)ccc1. The van der Waals surface area contributed by atoms with Gasteiger partial charge in [0.15, 0.2) is 0 Å². The van der Waals surface area contributed by atoms with Gasteiger partial charge in [-0.05, 0) is 14.1 Å². The lowest BCUT2D eigenvalue weighted by atomic mass is 10.2. The second kappa shape index (κ2) is 4.77. The number of nitrogens with zero attached hydrogens (tertiary/aromatic N) is 2. The van der Waals surface area contributed by atoms with Crippen LogP contribution in [0.1, 0.15) is 5.56 Å². The lowest BCUT2D eigenvalue weighted by molar-refractivity contribution is -0.107. The molecule has 3 nitrogen and oxygen atoms in total. The normalized spacial score (nSPS) is 10.3. The fourth-order valence-corrected chi connectivity index (χ4v) is 1.20. The number of carbonyl (C=O) groups is 1. The van der Waals surface area contributed by atoms with Crippen LogP contribution in [0.4, 0.5) is 5.69 Å². The van der Waals surface area contributed by atoms with E-state index in [1.54, 1.807) is 7.05 Å². The summed E-state index contributed by atoms with van der Waals surface area (Å²) in [7, 11) is 5.73. The van der Waals surface area contributed by atoms with E-state index in [1.165, 1.54) is 4.90 Å². The third-order valence-electron chi connectivity index (χ3n) is 1.86. The van der Waals surface area contributed by atoms with Crippen molar-refractivity contribution in [3.05, 3.63) is 29.8 Å². The van der Waals surface area contributed by atoms with Gasteiger partial charge >= 0.3 is 0 Å². The largest absolute Gasteiger partial charge is 0.342 e. The van der Waals surface area contributed by atoms with Crippen LogP contribution in [0, 0.1) is 6.07 Å². The van der Waals surface area contributed by atoms with Crippen molar-refractivity contribution in [3.63, 3.8) is 0 Å². The maximum absolute atomic E-state index is 10.5. The zero-order chi connectivity index (χ0) is 10.6. The highest BCUT2D eigenvalue weighted by Crippen LogP contribution is 2.13. The first-order chi connectivity index (χ1) is 6.63. The second-order valence-corrected chi connectivity index (χ2v) is 3.52. The van der Waals surface area contributed by atoms with Crippen LogP contribution >= 0.6 is 0 Å². The highest BCUT2D eigenvalue weighted by molar-refractivity contribution is 5.73. The van der Waals surface area contributed by atoms with Crippen LogP contribution in [0.15, 0.2) is 18.2 Å². The number of amides is 1. The maximum Gasteiger partial charge on any atom is 0.212 e. The summed E-state index contributed by atoms with van der Waals surface area (Å²) < 4.78 is 0. The molecule has 0 aliphatic rings. The zero-order valence-corrected chi connectivity index (χ0v) is 8.82. The third kappa shape index (κ3) is 2.85. The van der Waals surface area contributed by atoms with Crippen LogP contribution in [-0.2, 0) is 11.3 Å². The minimum Gasteiger partial charge on any atom is -0.342 e. The summed E-state index contributed by atoms with van der Waals surface area (Å²) in [6, 6.07) is 8.99. The predicted molar refractivity (Wildman–Crippen MR) is 57.1 cm³/mol. The molecule has 14 heavy (non-hydrogen) atoms. The standard InChI is InChI=1S/C11H15N2O/c1-12(2)8-10-5-4-6-11(7-10)13(3)9-14/h4-6,9H,8H2,1-3H3/q-1. The molecule has 0 atom stereocenters. The monoisotopic (exact) mass is 191 g/mol. The quantitative estimate of drug-likeness (QED) is 0.526. The molecular weight excluding hydrogens is 176 g/mol. The van der Waals surface area contributed by atoms with Gasteiger partial charge in [0.25, 0.3) is 0 Å². The molecule has 0 N–H and O–H groups in total. The molecule has 1 amide bonds. The number of benzene rings is 1.